The van der Waals surface area contributed by atoms with Gasteiger partial charge in [-0.15, -0.1) is 0 Å². The van der Waals surface area contributed by atoms with Gasteiger partial charge in [0.1, 0.15) is 11.9 Å². The van der Waals surface area contributed by atoms with Gasteiger partial charge in [-0.05, 0) is 76.0 Å². The highest BCUT2D eigenvalue weighted by Gasteiger charge is 2.49. The Labute approximate surface area is 321 Å². The van der Waals surface area contributed by atoms with Gasteiger partial charge in [0.25, 0.3) is 0 Å². The van der Waals surface area contributed by atoms with Crippen LogP contribution in [0.5, 0.6) is 0 Å². The summed E-state index contributed by atoms with van der Waals surface area (Å²) in [6, 6.07) is 5.02. The topological polar surface area (TPSA) is 177 Å². The predicted molar refractivity (Wildman–Crippen MR) is 191 cm³/mol. The first-order valence-corrected chi connectivity index (χ1v) is 18.5. The number of halogens is 7. The van der Waals surface area contributed by atoms with E-state index in [-0.39, 0.29) is 41.5 Å². The molecule has 12 nitrogen and oxygen atoms in total. The van der Waals surface area contributed by atoms with Crippen LogP contribution in [0.4, 0.5) is 30.7 Å². The van der Waals surface area contributed by atoms with Crippen molar-refractivity contribution in [1.82, 2.24) is 26.2 Å². The highest BCUT2D eigenvalue weighted by Crippen LogP contribution is 2.46. The number of carboxylic acid groups (broad SMARTS) is 2. The number of piperidine rings is 1. The number of alkyl halides is 6. The van der Waals surface area contributed by atoms with E-state index < -0.39 is 41.8 Å². The van der Waals surface area contributed by atoms with Crippen LogP contribution in [-0.4, -0.2) is 107 Å². The molecule has 3 amide bonds. The third-order valence-electron chi connectivity index (χ3n) is 10.00. The molecular formula is C37H54F7N5O7. The van der Waals surface area contributed by atoms with Crippen LogP contribution in [0, 0.1) is 23.1 Å². The Morgan fingerprint density at radius 1 is 0.857 bits per heavy atom. The maximum absolute atomic E-state index is 14.0. The van der Waals surface area contributed by atoms with Gasteiger partial charge in [0.2, 0.25) is 17.7 Å². The van der Waals surface area contributed by atoms with Crippen LogP contribution < -0.4 is 21.3 Å². The molecule has 2 aliphatic heterocycles. The normalized spacial score (nSPS) is 21.0. The number of nitrogens with zero attached hydrogens (tertiary/aromatic N) is 1. The molecular weight excluding hydrogens is 759 g/mol. The molecule has 0 spiro atoms. The molecule has 1 aromatic rings. The molecule has 6 N–H and O–H groups in total. The first-order chi connectivity index (χ1) is 25.8. The van der Waals surface area contributed by atoms with E-state index in [0.29, 0.717) is 44.3 Å². The number of rotatable bonds is 8. The molecule has 1 aromatic carbocycles. The van der Waals surface area contributed by atoms with Gasteiger partial charge in [0.05, 0.1) is 11.5 Å². The van der Waals surface area contributed by atoms with E-state index in [1.807, 2.05) is 25.7 Å². The van der Waals surface area contributed by atoms with Gasteiger partial charge in [0, 0.05) is 44.2 Å². The molecule has 4 rings (SSSR count). The maximum atomic E-state index is 14.0. The van der Waals surface area contributed by atoms with Crippen LogP contribution in [0.25, 0.3) is 0 Å². The minimum absolute atomic E-state index is 0.112. The van der Waals surface area contributed by atoms with Gasteiger partial charge in [-0.1, -0.05) is 45.2 Å². The van der Waals surface area contributed by atoms with Crippen LogP contribution in [0.3, 0.4) is 0 Å². The van der Waals surface area contributed by atoms with E-state index >= 15 is 0 Å². The second-order valence-corrected chi connectivity index (χ2v) is 15.7. The summed E-state index contributed by atoms with van der Waals surface area (Å²) in [4.78, 5) is 60.9. The zero-order chi connectivity index (χ0) is 42.6. The minimum Gasteiger partial charge on any atom is -0.475 e. The molecule has 3 fully saturated rings. The van der Waals surface area contributed by atoms with Crippen molar-refractivity contribution in [3.8, 4) is 0 Å². The van der Waals surface area contributed by atoms with Crippen molar-refractivity contribution < 1.29 is 64.9 Å². The molecule has 0 aromatic heterocycles. The molecule has 1 aliphatic carbocycles. The number of hydrogen-bond acceptors (Lipinski definition) is 7. The first kappa shape index (κ1) is 48.1. The van der Waals surface area contributed by atoms with Crippen molar-refractivity contribution in [1.29, 1.82) is 0 Å². The lowest BCUT2D eigenvalue weighted by Crippen LogP contribution is -2.64. The molecule has 1 unspecified atom stereocenters. The lowest BCUT2D eigenvalue weighted by atomic mass is 9.63. The SMILES string of the molecule is CC(C)C1CNC[C@@H](C(=O)N[C@H](Cc2ccc(F)cc2)C(=O)N2CCC(C(=O)NC(C)(C)C)(C3CCCCC3)CC2)N1.O=C(O)C(F)(F)F.O=C(O)C(F)(F)F. The van der Waals surface area contributed by atoms with Crippen molar-refractivity contribution >= 4 is 29.7 Å². The monoisotopic (exact) mass is 813 g/mol. The molecule has 0 radical (unpaired) electrons. The maximum Gasteiger partial charge on any atom is 0.490 e. The van der Waals surface area contributed by atoms with E-state index in [9.17, 15) is 45.1 Å². The molecule has 1 saturated carbocycles. The highest BCUT2D eigenvalue weighted by atomic mass is 19.4. The standard InChI is InChI=1S/C33H52FN5O3.2C2HF3O2/c1-22(2)27-20-35-21-28(36-27)29(40)37-26(19-23-11-13-25(34)14-12-23)30(41)39-17-15-33(16-18-39,24-9-7-6-8-10-24)31(42)38-32(3,4)5;2*3-2(4,5)1(6)7/h11-14,22,24,26-28,35-36H,6-10,15-21H2,1-5H3,(H,37,40)(H,38,42);2*(H,6,7)/t26-,27?,28+;;/m1../s1. The van der Waals surface area contributed by atoms with E-state index in [4.69, 9.17) is 19.8 Å². The number of likely N-dealkylation sites (tertiary alicyclic amines) is 1. The summed E-state index contributed by atoms with van der Waals surface area (Å²) >= 11 is 0. The fraction of sp³-hybridized carbons (Fsp3) is 0.703. The lowest BCUT2D eigenvalue weighted by Gasteiger charge is -2.48. The van der Waals surface area contributed by atoms with E-state index in [0.717, 1.165) is 37.8 Å². The number of amides is 3. The summed E-state index contributed by atoms with van der Waals surface area (Å²) in [5.74, 6) is -5.43. The zero-order valence-electron chi connectivity index (χ0n) is 32.2. The van der Waals surface area contributed by atoms with Crippen molar-refractivity contribution in [3.63, 3.8) is 0 Å². The molecule has 3 atom stereocenters. The van der Waals surface area contributed by atoms with Crippen LogP contribution in [0.1, 0.15) is 85.1 Å². The number of benzene rings is 1. The summed E-state index contributed by atoms with van der Waals surface area (Å²) in [5.41, 5.74) is -0.0285. The van der Waals surface area contributed by atoms with E-state index in [2.05, 4.69) is 35.1 Å². The number of carboxylic acids is 2. The van der Waals surface area contributed by atoms with Crippen molar-refractivity contribution in [2.45, 2.75) is 122 Å². The fourth-order valence-electron chi connectivity index (χ4n) is 6.97. The highest BCUT2D eigenvalue weighted by molar-refractivity contribution is 5.91. The van der Waals surface area contributed by atoms with Crippen molar-refractivity contribution in [2.75, 3.05) is 26.2 Å². The molecule has 0 bridgehead atoms. The van der Waals surface area contributed by atoms with Gasteiger partial charge in [0.15, 0.2) is 0 Å². The zero-order valence-corrected chi connectivity index (χ0v) is 32.2. The Hall–Kier alpha value is -4.00. The fourth-order valence-corrected chi connectivity index (χ4v) is 6.97. The largest absolute Gasteiger partial charge is 0.490 e. The van der Waals surface area contributed by atoms with Crippen LogP contribution in [-0.2, 0) is 30.4 Å². The summed E-state index contributed by atoms with van der Waals surface area (Å²) in [5, 5.41) is 27.3. The van der Waals surface area contributed by atoms with Gasteiger partial charge < -0.3 is 36.4 Å². The molecule has 56 heavy (non-hydrogen) atoms. The molecule has 318 valence electrons. The number of carbonyl (C=O) groups excluding carboxylic acids is 3. The van der Waals surface area contributed by atoms with Crippen LogP contribution in [0.15, 0.2) is 24.3 Å². The average Bonchev–Trinajstić information content (AvgIpc) is 3.11. The van der Waals surface area contributed by atoms with Gasteiger partial charge >= 0.3 is 24.3 Å². The van der Waals surface area contributed by atoms with E-state index in [1.165, 1.54) is 18.6 Å². The Kier molecular flexibility index (Phi) is 17.6. The molecule has 3 aliphatic rings. The van der Waals surface area contributed by atoms with Crippen molar-refractivity contribution in [2.24, 2.45) is 17.3 Å². The van der Waals surface area contributed by atoms with Crippen LogP contribution in [0.2, 0.25) is 0 Å². The second-order valence-electron chi connectivity index (χ2n) is 15.7. The quantitative estimate of drug-likeness (QED) is 0.201. The Morgan fingerprint density at radius 3 is 1.80 bits per heavy atom. The van der Waals surface area contributed by atoms with Crippen LogP contribution >= 0.6 is 0 Å². The number of piperazine rings is 1. The molecule has 2 heterocycles. The lowest BCUT2D eigenvalue weighted by molar-refractivity contribution is -0.193. The first-order valence-electron chi connectivity index (χ1n) is 18.5. The third-order valence-corrected chi connectivity index (χ3v) is 10.00. The van der Waals surface area contributed by atoms with E-state index in [1.54, 1.807) is 12.1 Å². The Balaban J connectivity index is 0.000000657. The van der Waals surface area contributed by atoms with Gasteiger partial charge in [-0.25, -0.2) is 14.0 Å². The predicted octanol–water partition coefficient (Wildman–Crippen LogP) is 4.81. The number of carbonyl (C=O) groups is 5. The molecule has 2 saturated heterocycles. The van der Waals surface area contributed by atoms with Crippen molar-refractivity contribution in [3.05, 3.63) is 35.6 Å². The smallest absolute Gasteiger partial charge is 0.475 e. The summed E-state index contributed by atoms with van der Waals surface area (Å²) < 4.78 is 77.1. The summed E-state index contributed by atoms with van der Waals surface area (Å²) in [7, 11) is 0. The number of nitrogens with one attached hydrogen (secondary N) is 4. The summed E-state index contributed by atoms with van der Waals surface area (Å²) in [6.07, 6.45) is -3.06. The molecule has 19 heteroatoms. The minimum atomic E-state index is -5.08. The Bertz CT molecular complexity index is 1450. The number of aliphatic carboxylic acids is 2. The Morgan fingerprint density at radius 2 is 1.36 bits per heavy atom. The second kappa shape index (κ2) is 20.4. The number of hydrogen-bond donors (Lipinski definition) is 6. The third kappa shape index (κ3) is 15.2. The average molecular weight is 814 g/mol. The summed E-state index contributed by atoms with van der Waals surface area (Å²) in [6.45, 7) is 12.5. The van der Waals surface area contributed by atoms with Gasteiger partial charge in [-0.2, -0.15) is 26.3 Å². The van der Waals surface area contributed by atoms with Gasteiger partial charge in [-0.3, -0.25) is 14.4 Å².